The highest BCUT2D eigenvalue weighted by Crippen LogP contribution is 2.57. The minimum absolute atomic E-state index is 0.0394. The van der Waals surface area contributed by atoms with Crippen LogP contribution in [0.1, 0.15) is 46.5 Å². The van der Waals surface area contributed by atoms with Crippen LogP contribution in [0.4, 0.5) is 40.8 Å². The molecular formula is C40H32BrF8N7O2S. The summed E-state index contributed by atoms with van der Waals surface area (Å²) in [7, 11) is 0. The molecule has 2 saturated carbocycles. The maximum absolute atomic E-state index is 14.6. The zero-order chi connectivity index (χ0) is 42.8. The molecule has 4 aliphatic rings. The summed E-state index contributed by atoms with van der Waals surface area (Å²) in [4.78, 5) is 18.5. The summed E-state index contributed by atoms with van der Waals surface area (Å²) < 4.78 is 126. The van der Waals surface area contributed by atoms with Gasteiger partial charge in [-0.15, -0.1) is 0 Å². The van der Waals surface area contributed by atoms with Gasteiger partial charge >= 0.3 is 0 Å². The second-order valence-corrected chi connectivity index (χ2v) is 14.4. The molecule has 0 saturated heterocycles. The predicted octanol–water partition coefficient (Wildman–Crippen LogP) is 9.62. The molecule has 0 unspecified atom stereocenters. The summed E-state index contributed by atoms with van der Waals surface area (Å²) in [5.74, 6) is -4.59. The Labute approximate surface area is 346 Å². The van der Waals surface area contributed by atoms with Crippen molar-refractivity contribution in [2.24, 2.45) is 33.3 Å². The maximum Gasteiger partial charge on any atom is 0.283 e. The Morgan fingerprint density at radius 1 is 0.763 bits per heavy atom. The summed E-state index contributed by atoms with van der Waals surface area (Å²) in [6, 6.07) is 11.9. The monoisotopic (exact) mass is 905 g/mol. The van der Waals surface area contributed by atoms with E-state index in [-0.39, 0.29) is 45.7 Å². The third-order valence-corrected chi connectivity index (χ3v) is 10.4. The van der Waals surface area contributed by atoms with Gasteiger partial charge in [0.1, 0.15) is 35.5 Å². The third kappa shape index (κ3) is 8.65. The van der Waals surface area contributed by atoms with E-state index in [9.17, 15) is 35.1 Å². The van der Waals surface area contributed by atoms with Crippen LogP contribution in [-0.4, -0.2) is 53.3 Å². The lowest BCUT2D eigenvalue weighted by molar-refractivity contribution is 0.0176. The molecule has 2 aliphatic heterocycles. The van der Waals surface area contributed by atoms with Crippen molar-refractivity contribution in [3.05, 3.63) is 134 Å². The number of rotatable bonds is 8. The molecule has 2 aliphatic carbocycles. The van der Waals surface area contributed by atoms with Crippen LogP contribution in [0.15, 0.2) is 87.5 Å². The molecule has 0 bridgehead atoms. The number of alkyl halides is 4. The Morgan fingerprint density at radius 2 is 1.20 bits per heavy atom. The van der Waals surface area contributed by atoms with E-state index in [1.165, 1.54) is 48.8 Å². The lowest BCUT2D eigenvalue weighted by Crippen LogP contribution is -2.43. The van der Waals surface area contributed by atoms with E-state index >= 15 is 0 Å². The van der Waals surface area contributed by atoms with Gasteiger partial charge < -0.3 is 20.9 Å². The van der Waals surface area contributed by atoms with Crippen LogP contribution in [0, 0.1) is 30.0 Å². The lowest BCUT2D eigenvalue weighted by atomic mass is 9.84. The first-order valence-corrected chi connectivity index (χ1v) is 19.2. The van der Waals surface area contributed by atoms with Crippen molar-refractivity contribution in [1.82, 2.24) is 9.97 Å². The molecule has 2 aromatic heterocycles. The van der Waals surface area contributed by atoms with Crippen LogP contribution >= 0.6 is 28.6 Å². The van der Waals surface area contributed by atoms with Gasteiger partial charge in [-0.25, -0.2) is 50.0 Å². The summed E-state index contributed by atoms with van der Waals surface area (Å²) in [6.45, 7) is 6.88. The second-order valence-electron chi connectivity index (χ2n) is 13.5. The van der Waals surface area contributed by atoms with Crippen molar-refractivity contribution in [1.29, 1.82) is 0 Å². The molecule has 9 nitrogen and oxygen atoms in total. The topological polar surface area (TPSA) is 125 Å². The third-order valence-electron chi connectivity index (χ3n) is 9.92. The van der Waals surface area contributed by atoms with Gasteiger partial charge in [0.2, 0.25) is 5.69 Å². The molecule has 308 valence electrons. The molecule has 0 amide bonds. The minimum Gasteiger partial charge on any atom is -0.462 e. The molecule has 4 heterocycles. The second kappa shape index (κ2) is 17.4. The number of amidine groups is 2. The molecule has 6 atom stereocenters. The van der Waals surface area contributed by atoms with E-state index in [4.69, 9.17) is 27.5 Å². The first kappa shape index (κ1) is 43.1. The number of benzene rings is 2. The smallest absolute Gasteiger partial charge is 0.283 e. The van der Waals surface area contributed by atoms with Crippen molar-refractivity contribution in [2.75, 3.05) is 6.26 Å². The minimum atomic E-state index is -3.03. The maximum atomic E-state index is 14.6. The molecule has 2 aromatic carbocycles. The van der Waals surface area contributed by atoms with Crippen molar-refractivity contribution in [3.63, 3.8) is 0 Å². The van der Waals surface area contributed by atoms with Gasteiger partial charge in [-0.05, 0) is 101 Å². The Kier molecular flexibility index (Phi) is 12.7. The van der Waals surface area contributed by atoms with Crippen LogP contribution in [-0.2, 0) is 20.6 Å². The highest BCUT2D eigenvalue weighted by molar-refractivity contribution is 9.10. The summed E-state index contributed by atoms with van der Waals surface area (Å²) in [5.41, 5.74) is 6.72. The van der Waals surface area contributed by atoms with E-state index in [0.29, 0.717) is 10.9 Å². The van der Waals surface area contributed by atoms with Crippen LogP contribution in [0.2, 0.25) is 0 Å². The van der Waals surface area contributed by atoms with Gasteiger partial charge in [-0.1, -0.05) is 18.2 Å². The normalized spacial score (nSPS) is 25.3. The number of aliphatic imine (C=N–C) groups is 2. The zero-order valence-electron chi connectivity index (χ0n) is 30.5. The average molecular weight is 907 g/mol. The van der Waals surface area contributed by atoms with Crippen molar-refractivity contribution in [2.45, 2.75) is 49.0 Å². The van der Waals surface area contributed by atoms with E-state index in [1.54, 1.807) is 12.3 Å². The standard InChI is InChI=1S/C20H14F4N4O.C19H14BrF4N3O.CH4S/c1-26-11-3-5-16(27-9-11)15(22)7-10-2-4-14(21)12(6-10)20(18(23)24)13-8-17(13)29-19(25)28-20;20-10-2-4-15(26-8-10)14(22)6-9-1-3-13(21)11(5-9)19(17(23)24)12-7-16(12)28-18(25)27-19;1-2/h2-7,9,13,17-18H,8H2,(H2,25,28);1-6,8,12,16-17H,7H2,(H2,25,27);2H,1H3/b15-7-;14-6-;/t13-,17+,20+;12-,16+,19+;/m00./s1. The molecule has 59 heavy (non-hydrogen) atoms. The van der Waals surface area contributed by atoms with E-state index in [0.717, 1.165) is 30.4 Å². The van der Waals surface area contributed by atoms with Crippen molar-refractivity contribution in [3.8, 4) is 0 Å². The van der Waals surface area contributed by atoms with E-state index in [1.807, 2.05) is 0 Å². The molecule has 2 fully saturated rings. The van der Waals surface area contributed by atoms with E-state index in [2.05, 4.69) is 53.4 Å². The van der Waals surface area contributed by atoms with Gasteiger partial charge in [-0.2, -0.15) is 12.6 Å². The largest absolute Gasteiger partial charge is 0.462 e. The molecule has 4 N–H and O–H groups in total. The zero-order valence-corrected chi connectivity index (χ0v) is 33.0. The number of thiol groups is 1. The molecule has 19 heteroatoms. The fourth-order valence-corrected chi connectivity index (χ4v) is 7.26. The van der Waals surface area contributed by atoms with Crippen molar-refractivity contribution >= 4 is 70.1 Å². The summed E-state index contributed by atoms with van der Waals surface area (Å²) in [6.07, 6.45) is -0.0190. The van der Waals surface area contributed by atoms with Gasteiger partial charge in [0.25, 0.3) is 24.9 Å². The number of aromatic nitrogens is 2. The highest BCUT2D eigenvalue weighted by atomic mass is 79.9. The fourth-order valence-electron chi connectivity index (χ4n) is 7.03. The molecule has 0 radical (unpaired) electrons. The Balaban J connectivity index is 0.000000191. The van der Waals surface area contributed by atoms with Crippen LogP contribution in [0.5, 0.6) is 0 Å². The van der Waals surface area contributed by atoms with E-state index < -0.39 is 83.3 Å². The van der Waals surface area contributed by atoms with Crippen LogP contribution in [0.3, 0.4) is 0 Å². The number of nitrogens with zero attached hydrogens (tertiary/aromatic N) is 5. The quantitative estimate of drug-likeness (QED) is 0.0920. The molecule has 8 rings (SSSR count). The number of pyridine rings is 2. The first-order valence-electron chi connectivity index (χ1n) is 17.5. The molecular weight excluding hydrogens is 874 g/mol. The van der Waals surface area contributed by atoms with Crippen LogP contribution < -0.4 is 11.5 Å². The number of fused-ring (bicyclic) bond motifs is 2. The molecule has 4 aromatic rings. The van der Waals surface area contributed by atoms with Gasteiger partial charge in [0.05, 0.1) is 18.0 Å². The lowest BCUT2D eigenvalue weighted by Gasteiger charge is -2.33. The number of hydrogen-bond acceptors (Lipinski definition) is 9. The van der Waals surface area contributed by atoms with Crippen molar-refractivity contribution < 1.29 is 44.6 Å². The fraction of sp³-hybridized carbons (Fsp3) is 0.275. The Morgan fingerprint density at radius 3 is 1.58 bits per heavy atom. The number of halogens is 9. The first-order chi connectivity index (χ1) is 28.2. The number of nitrogens with two attached hydrogens (primary N) is 2. The SMILES string of the molecule is CS.NC1=N[C@@](c2cc(/C=C(\F)c3ccc(Br)cn3)ccc2F)(C(F)F)[C@H]2C[C@H]2O1.[C-]#[N+]c1ccc(/C(F)=C/c2ccc(F)c([C@@]3(C(F)F)N=C(N)O[C@@H]4C[C@@H]43)c2)nc1. The average Bonchev–Trinajstić information content (AvgIpc) is 4.16. The number of hydrogen-bond donors (Lipinski definition) is 3. The summed E-state index contributed by atoms with van der Waals surface area (Å²) >= 11 is 6.73. The van der Waals surface area contributed by atoms with Gasteiger partial charge in [0.15, 0.2) is 11.1 Å². The van der Waals surface area contributed by atoms with Crippen LogP contribution in [0.25, 0.3) is 28.7 Å². The Bertz CT molecular complexity index is 2380. The van der Waals surface area contributed by atoms with Gasteiger partial charge in [-0.3, -0.25) is 9.97 Å². The summed E-state index contributed by atoms with van der Waals surface area (Å²) in [5, 5.41) is 0. The predicted molar refractivity (Wildman–Crippen MR) is 213 cm³/mol. The molecule has 0 spiro atoms. The number of ether oxygens (including phenoxy) is 2. The highest BCUT2D eigenvalue weighted by Gasteiger charge is 2.65. The Hall–Kier alpha value is -5.48. The van der Waals surface area contributed by atoms with Gasteiger partial charge in [0, 0.05) is 39.8 Å².